The average molecular weight is 1360 g/mol. The predicted molar refractivity (Wildman–Crippen MR) is 359 cm³/mol. The summed E-state index contributed by atoms with van der Waals surface area (Å²) in [5.74, 6) is -3.34. The fraction of sp³-hybridized carbons (Fsp3) is 0.726. The van der Waals surface area contributed by atoms with E-state index >= 15 is 0 Å². The summed E-state index contributed by atoms with van der Waals surface area (Å²) in [6.07, 6.45) is 11.3. The molecule has 0 aromatic carbocycles. The largest absolute Gasteiger partial charge is 0.756 e. The number of rotatable bonds is 44. The third-order valence-corrected chi connectivity index (χ3v) is 18.8. The van der Waals surface area contributed by atoms with Crippen LogP contribution in [0.4, 0.5) is 0 Å². The molecule has 95 heavy (non-hydrogen) atoms. The molecule has 21 nitrogen and oxygen atoms in total. The minimum absolute atomic E-state index is 0.0425. The maximum Gasteiger partial charge on any atom is 0.270 e. The van der Waals surface area contributed by atoms with Gasteiger partial charge in [-0.25, -0.2) is 0 Å². The van der Waals surface area contributed by atoms with E-state index in [0.29, 0.717) is 6.42 Å². The summed E-state index contributed by atoms with van der Waals surface area (Å²) in [4.78, 5) is 36.5. The van der Waals surface area contributed by atoms with Gasteiger partial charge in [0.2, 0.25) is 0 Å². The molecule has 0 bridgehead atoms. The van der Waals surface area contributed by atoms with Crippen LogP contribution in [-0.4, -0.2) is 158 Å². The van der Waals surface area contributed by atoms with Crippen molar-refractivity contribution in [2.24, 2.45) is 11.8 Å². The minimum atomic E-state index is -5.23. The Morgan fingerprint density at radius 2 is 0.768 bits per heavy atom. The highest BCUT2D eigenvalue weighted by atomic mass is 31.2. The highest BCUT2D eigenvalue weighted by Gasteiger charge is 2.54. The van der Waals surface area contributed by atoms with Crippen molar-refractivity contribution in [3.63, 3.8) is 0 Å². The van der Waals surface area contributed by atoms with Crippen molar-refractivity contribution in [1.82, 2.24) is 0 Å². The molecule has 3 aliphatic rings. The van der Waals surface area contributed by atoms with E-state index in [4.69, 9.17) is 32.7 Å². The first kappa shape index (κ1) is 85.4. The van der Waals surface area contributed by atoms with Crippen molar-refractivity contribution in [2.75, 3.05) is 13.2 Å². The van der Waals surface area contributed by atoms with Crippen LogP contribution in [0, 0.1) is 11.8 Å². The maximum atomic E-state index is 12.9. The van der Waals surface area contributed by atoms with Gasteiger partial charge in [0.1, 0.15) is 73.2 Å². The molecule has 3 fully saturated rings. The number of carboxylic acids is 2. The average Bonchev–Trinajstić information content (AvgIpc) is 0.779. The Balaban J connectivity index is 1.29. The van der Waals surface area contributed by atoms with Crippen molar-refractivity contribution in [3.8, 4) is 0 Å². The normalized spacial score (nSPS) is 29.3. The van der Waals surface area contributed by atoms with Crippen LogP contribution in [0.2, 0.25) is 0 Å². The van der Waals surface area contributed by atoms with Gasteiger partial charge in [-0.1, -0.05) is 132 Å². The van der Waals surface area contributed by atoms with Crippen LogP contribution in [0.1, 0.15) is 224 Å². The van der Waals surface area contributed by atoms with Crippen LogP contribution in [0.15, 0.2) is 105 Å². The molecule has 544 valence electrons. The fourth-order valence-corrected chi connectivity index (χ4v) is 12.2. The summed E-state index contributed by atoms with van der Waals surface area (Å²) in [7, 11) is -5.23. The first-order chi connectivity index (χ1) is 44.8. The van der Waals surface area contributed by atoms with Crippen LogP contribution in [0.25, 0.3) is 0 Å². The number of phosphoric ester groups is 1. The lowest BCUT2D eigenvalue weighted by Crippen LogP contribution is -2.68. The molecule has 0 amide bonds. The molecule has 0 saturated carbocycles. The smallest absolute Gasteiger partial charge is 0.270 e. The van der Waals surface area contributed by atoms with Crippen molar-refractivity contribution in [2.45, 2.75) is 316 Å². The molecule has 3 saturated heterocycles. The third kappa shape index (κ3) is 32.8. The molecular formula is C73H118O21P-3. The summed E-state index contributed by atoms with van der Waals surface area (Å²) >= 11 is 0. The Morgan fingerprint density at radius 1 is 0.432 bits per heavy atom. The van der Waals surface area contributed by atoms with E-state index in [1.807, 2.05) is 6.92 Å². The zero-order valence-electron chi connectivity index (χ0n) is 58.8. The second-order valence-electron chi connectivity index (χ2n) is 27.3. The molecule has 0 radical (unpaired) electrons. The van der Waals surface area contributed by atoms with E-state index in [2.05, 4.69) is 131 Å². The van der Waals surface area contributed by atoms with Gasteiger partial charge in [0.05, 0.1) is 25.2 Å². The van der Waals surface area contributed by atoms with E-state index in [1.54, 1.807) is 5.57 Å². The second-order valence-corrected chi connectivity index (χ2v) is 28.6. The lowest BCUT2D eigenvalue weighted by molar-refractivity contribution is -0.392. The number of aliphatic hydroxyl groups excluding tert-OH is 8. The number of hydrogen-bond acceptors (Lipinski definition) is 21. The Morgan fingerprint density at radius 3 is 1.15 bits per heavy atom. The molecule has 8 N–H and O–H groups in total. The van der Waals surface area contributed by atoms with Crippen LogP contribution in [0.5, 0.6) is 0 Å². The van der Waals surface area contributed by atoms with Crippen LogP contribution in [0.3, 0.4) is 0 Å². The Kier molecular flexibility index (Phi) is 40.5. The highest BCUT2D eigenvalue weighted by Crippen LogP contribution is 2.43. The van der Waals surface area contributed by atoms with Gasteiger partial charge in [-0.3, -0.25) is 9.09 Å². The van der Waals surface area contributed by atoms with E-state index in [1.165, 1.54) is 63.8 Å². The lowest BCUT2D eigenvalue weighted by Gasteiger charge is -2.48. The summed E-state index contributed by atoms with van der Waals surface area (Å²) < 4.78 is 49.1. The molecular weight excluding hydrogens is 1240 g/mol. The number of aliphatic hydroxyl groups is 8. The Labute approximate surface area is 566 Å². The van der Waals surface area contributed by atoms with Gasteiger partial charge in [0.15, 0.2) is 18.9 Å². The van der Waals surface area contributed by atoms with Crippen molar-refractivity contribution in [3.05, 3.63) is 105 Å². The van der Waals surface area contributed by atoms with Crippen molar-refractivity contribution < 1.29 is 103 Å². The SMILES string of the molecule is C/C(=C/CC/C(C)=C\CC/C(C)=C\CC/C(C)=C\CCC(C)CCOP(=O)([O-])O[C@H]1O[C@H](CO)[C@@H](O[C@@H]2O[C@H](C(=O)[O-])[C@@H](O[C@H]3O[C@H](C(=O)[O-])[C@H](O)[C@H](O)[C@H]3O)[C@H](O)[C@H]2O)[C@H](O)[C@H]1O)CC/C=C(/C)CC/C=C(/C)CC/C=C(/C)CC/C=C(\C)CC/C=C(\C)CCCC(C)C. The monoisotopic (exact) mass is 1360 g/mol. The molecule has 3 heterocycles. The lowest BCUT2D eigenvalue weighted by atomic mass is 9.96. The third-order valence-electron chi connectivity index (χ3n) is 17.8. The Bertz CT molecular complexity index is 2630. The molecule has 2 unspecified atom stereocenters. The van der Waals surface area contributed by atoms with Gasteiger partial charge in [0, 0.05) is 0 Å². The summed E-state index contributed by atoms with van der Waals surface area (Å²) in [5, 5.41) is 108. The summed E-state index contributed by atoms with van der Waals surface area (Å²) in [6, 6.07) is 0. The highest BCUT2D eigenvalue weighted by molar-refractivity contribution is 7.45. The molecule has 0 aromatic heterocycles. The number of ether oxygens (including phenoxy) is 5. The zero-order chi connectivity index (χ0) is 71.0. The van der Waals surface area contributed by atoms with Crippen molar-refractivity contribution in [1.29, 1.82) is 0 Å². The maximum absolute atomic E-state index is 12.9. The van der Waals surface area contributed by atoms with E-state index in [0.717, 1.165) is 121 Å². The molecule has 3 rings (SSSR count). The molecule has 0 aliphatic carbocycles. The predicted octanol–water partition coefficient (Wildman–Crippen LogP) is 8.84. The summed E-state index contributed by atoms with van der Waals surface area (Å²) in [6.45, 7) is 25.3. The second kappa shape index (κ2) is 45.1. The van der Waals surface area contributed by atoms with Gasteiger partial charge in [-0.2, -0.15) is 0 Å². The van der Waals surface area contributed by atoms with E-state index in [-0.39, 0.29) is 12.5 Å². The molecule has 17 atom stereocenters. The van der Waals surface area contributed by atoms with Crippen LogP contribution >= 0.6 is 7.82 Å². The quantitative estimate of drug-likeness (QED) is 0.0208. The van der Waals surface area contributed by atoms with E-state index < -0.39 is 118 Å². The van der Waals surface area contributed by atoms with Gasteiger partial charge in [-0.05, 0) is 209 Å². The van der Waals surface area contributed by atoms with Crippen LogP contribution in [-0.2, 0) is 46.9 Å². The van der Waals surface area contributed by atoms with Gasteiger partial charge in [-0.15, -0.1) is 0 Å². The van der Waals surface area contributed by atoms with Crippen molar-refractivity contribution >= 4 is 19.8 Å². The van der Waals surface area contributed by atoms with Gasteiger partial charge in [0.25, 0.3) is 7.82 Å². The van der Waals surface area contributed by atoms with Gasteiger partial charge < -0.3 is 93.8 Å². The number of phosphoric acid groups is 1. The number of carbonyl (C=O) groups excluding carboxylic acids is 2. The van der Waals surface area contributed by atoms with Gasteiger partial charge >= 0.3 is 0 Å². The van der Waals surface area contributed by atoms with Crippen LogP contribution < -0.4 is 15.1 Å². The first-order valence-electron chi connectivity index (χ1n) is 34.4. The number of hydrogen-bond donors (Lipinski definition) is 8. The van der Waals surface area contributed by atoms with E-state index in [9.17, 15) is 70.1 Å². The number of carboxylic acid groups (broad SMARTS) is 2. The summed E-state index contributed by atoms with van der Waals surface area (Å²) in [5.41, 5.74) is 13.0. The minimum Gasteiger partial charge on any atom is -0.756 e. The topological polar surface area (TPSA) is 347 Å². The number of aliphatic carboxylic acids is 2. The molecule has 0 aromatic rings. The first-order valence-corrected chi connectivity index (χ1v) is 35.9. The fourth-order valence-electron chi connectivity index (χ4n) is 11.4. The zero-order valence-corrected chi connectivity index (χ0v) is 59.7. The molecule has 0 spiro atoms. The standard InChI is InChI=1S/C73H121O21P/c1-46(2)23-13-24-47(3)25-14-26-48(4)27-15-28-49(5)29-16-30-50(6)31-17-32-51(7)33-18-34-52(8)35-19-36-53(9)37-20-38-54(10)39-21-40-55(11)41-22-42-56(12)43-44-88-95(86,87)94-73-64(81)60(77)65(57(45-74)89-73)90-72-63(80)61(78)66(68(93-72)70(84)85)91-71-62(79)58(75)59(76)67(92-71)69(82)83/h25,27,29,31,33,35,37,39,41,46,56-68,71-81H,13-24,26,28,30,32,34,36,38,40,42-45H2,1-12H3,(H,82,83)(H,84,85)(H,86,87)/p-3/b47-25+,48-27+,49-29-,50-31-,51-33-,52-35-,53-37-,54-39-,55-41-/t56?,57-,58+,59-,60-,61-,62-,63-,64-,65-,66+,67+,68+,71+,72-,73-/m1/s1. The number of allylic oxidation sites excluding steroid dienone is 18. The molecule has 3 aliphatic heterocycles. The Hall–Kier alpha value is -3.81. The molecule has 22 heteroatoms. The number of carbonyl (C=O) groups is 2.